The summed E-state index contributed by atoms with van der Waals surface area (Å²) < 4.78 is 24.8. The lowest BCUT2D eigenvalue weighted by Crippen LogP contribution is -2.51. The first-order valence-corrected chi connectivity index (χ1v) is 9.62. The molecule has 0 aliphatic carbocycles. The molecular formula is C16H21N3O4S. The fourth-order valence-electron chi connectivity index (χ4n) is 3.03. The van der Waals surface area contributed by atoms with Gasteiger partial charge in [-0.2, -0.15) is 0 Å². The van der Waals surface area contributed by atoms with Crippen LogP contribution in [-0.4, -0.2) is 46.0 Å². The van der Waals surface area contributed by atoms with E-state index in [1.165, 1.54) is 0 Å². The van der Waals surface area contributed by atoms with Crippen LogP contribution in [0.4, 0.5) is 0 Å². The molecule has 3 rings (SSSR count). The van der Waals surface area contributed by atoms with Gasteiger partial charge in [-0.05, 0) is 38.8 Å². The summed E-state index contributed by atoms with van der Waals surface area (Å²) in [5.74, 6) is 0.207. The van der Waals surface area contributed by atoms with Crippen LogP contribution in [-0.2, 0) is 16.9 Å². The van der Waals surface area contributed by atoms with Crippen LogP contribution in [0.2, 0.25) is 0 Å². The lowest BCUT2D eigenvalue weighted by Gasteiger charge is -2.34. The van der Waals surface area contributed by atoms with Gasteiger partial charge in [-0.15, -0.1) is 0 Å². The smallest absolute Gasteiger partial charge is 0.287 e. The number of fused-ring (bicyclic) bond motifs is 1. The molecule has 2 heterocycles. The molecule has 0 atom stereocenters. The maximum absolute atomic E-state index is 12.7. The van der Waals surface area contributed by atoms with Crippen molar-refractivity contribution in [1.29, 1.82) is 0 Å². The molecule has 24 heavy (non-hydrogen) atoms. The van der Waals surface area contributed by atoms with Crippen LogP contribution in [0.3, 0.4) is 0 Å². The monoisotopic (exact) mass is 351 g/mol. The first kappa shape index (κ1) is 16.8. The summed E-state index contributed by atoms with van der Waals surface area (Å²) in [5, 5.41) is 12.7. The number of hydrogen-bond donors (Lipinski definition) is 2. The van der Waals surface area contributed by atoms with Crippen LogP contribution < -0.4 is 5.32 Å². The van der Waals surface area contributed by atoms with E-state index in [2.05, 4.69) is 10.3 Å². The predicted molar refractivity (Wildman–Crippen MR) is 90.9 cm³/mol. The summed E-state index contributed by atoms with van der Waals surface area (Å²) >= 11 is 0. The molecule has 8 heteroatoms. The standard InChI is InChI=1S/C16H21N3O4S/c1-10-12(20)5-4-11-13(10)17-14(19(11)3)15(21)18-16(2)6-8-24(22,23)9-7-16/h4-5,20H,6-9H2,1-3H3,(H,18,21). The Balaban J connectivity index is 1.90. The topological polar surface area (TPSA) is 101 Å². The number of rotatable bonds is 2. The van der Waals surface area contributed by atoms with Gasteiger partial charge >= 0.3 is 0 Å². The number of carbonyl (C=O) groups excluding carboxylic acids is 1. The second-order valence-electron chi connectivity index (χ2n) is 6.74. The van der Waals surface area contributed by atoms with E-state index in [0.29, 0.717) is 23.9 Å². The summed E-state index contributed by atoms with van der Waals surface area (Å²) in [6.45, 7) is 3.61. The van der Waals surface area contributed by atoms with Gasteiger partial charge < -0.3 is 15.0 Å². The van der Waals surface area contributed by atoms with Gasteiger partial charge in [0.1, 0.15) is 15.6 Å². The van der Waals surface area contributed by atoms with Crippen molar-refractivity contribution in [3.05, 3.63) is 23.5 Å². The summed E-state index contributed by atoms with van der Waals surface area (Å²) in [6.07, 6.45) is 0.787. The number of nitrogens with one attached hydrogen (secondary N) is 1. The number of aryl methyl sites for hydroxylation is 2. The number of sulfone groups is 1. The van der Waals surface area contributed by atoms with E-state index in [1.807, 2.05) is 6.92 Å². The summed E-state index contributed by atoms with van der Waals surface area (Å²) in [7, 11) is -1.25. The molecule has 1 amide bonds. The third-order valence-electron chi connectivity index (χ3n) is 4.83. The number of phenols is 1. The van der Waals surface area contributed by atoms with E-state index in [1.54, 1.807) is 30.7 Å². The largest absolute Gasteiger partial charge is 0.508 e. The Labute approximate surface area is 140 Å². The Hall–Kier alpha value is -2.09. The van der Waals surface area contributed by atoms with Crippen LogP contribution in [0.15, 0.2) is 12.1 Å². The van der Waals surface area contributed by atoms with E-state index in [-0.39, 0.29) is 29.0 Å². The van der Waals surface area contributed by atoms with Crippen LogP contribution in [0.25, 0.3) is 11.0 Å². The minimum absolute atomic E-state index is 0.0826. The molecule has 1 aromatic heterocycles. The first-order valence-electron chi connectivity index (χ1n) is 7.80. The van der Waals surface area contributed by atoms with Gasteiger partial charge in [-0.3, -0.25) is 4.79 Å². The zero-order chi connectivity index (χ0) is 17.7. The summed E-state index contributed by atoms with van der Waals surface area (Å²) in [4.78, 5) is 17.0. The molecule has 1 saturated heterocycles. The lowest BCUT2D eigenvalue weighted by molar-refractivity contribution is 0.0886. The molecule has 2 aromatic rings. The highest BCUT2D eigenvalue weighted by atomic mass is 32.2. The quantitative estimate of drug-likeness (QED) is 0.849. The van der Waals surface area contributed by atoms with Crippen molar-refractivity contribution in [1.82, 2.24) is 14.9 Å². The highest BCUT2D eigenvalue weighted by Crippen LogP contribution is 2.27. The van der Waals surface area contributed by atoms with E-state index in [0.717, 1.165) is 5.52 Å². The number of aromatic hydroxyl groups is 1. The number of nitrogens with zero attached hydrogens (tertiary/aromatic N) is 2. The van der Waals surface area contributed by atoms with Gasteiger partial charge in [0.25, 0.3) is 5.91 Å². The van der Waals surface area contributed by atoms with Crippen molar-refractivity contribution in [3.63, 3.8) is 0 Å². The van der Waals surface area contributed by atoms with Gasteiger partial charge in [0.05, 0.1) is 22.5 Å². The van der Waals surface area contributed by atoms with Gasteiger partial charge in [0.15, 0.2) is 5.82 Å². The molecule has 1 aromatic carbocycles. The van der Waals surface area contributed by atoms with E-state index >= 15 is 0 Å². The number of benzene rings is 1. The fourth-order valence-corrected chi connectivity index (χ4v) is 4.76. The van der Waals surface area contributed by atoms with Gasteiger partial charge in [-0.1, -0.05) is 0 Å². The van der Waals surface area contributed by atoms with Crippen molar-refractivity contribution in [2.75, 3.05) is 11.5 Å². The average molecular weight is 351 g/mol. The van der Waals surface area contributed by atoms with Crippen molar-refractivity contribution in [3.8, 4) is 5.75 Å². The molecule has 1 fully saturated rings. The highest BCUT2D eigenvalue weighted by Gasteiger charge is 2.35. The molecule has 2 N–H and O–H groups in total. The average Bonchev–Trinajstić information content (AvgIpc) is 2.85. The number of amides is 1. The predicted octanol–water partition coefficient (Wildman–Crippen LogP) is 1.28. The maximum atomic E-state index is 12.7. The third kappa shape index (κ3) is 2.86. The molecule has 1 aliphatic rings. The lowest BCUT2D eigenvalue weighted by atomic mass is 9.95. The van der Waals surface area contributed by atoms with E-state index in [9.17, 15) is 18.3 Å². The van der Waals surface area contributed by atoms with Crippen LogP contribution >= 0.6 is 0 Å². The van der Waals surface area contributed by atoms with Crippen molar-refractivity contribution in [2.45, 2.75) is 32.2 Å². The molecule has 0 radical (unpaired) electrons. The second-order valence-corrected chi connectivity index (χ2v) is 9.04. The SMILES string of the molecule is Cc1c(O)ccc2c1nc(C(=O)NC1(C)CCS(=O)(=O)CC1)n2C. The Morgan fingerprint density at radius 1 is 1.33 bits per heavy atom. The minimum atomic E-state index is -2.99. The normalized spacial score (nSPS) is 19.3. The first-order chi connectivity index (χ1) is 11.1. The Bertz CT molecular complexity index is 916. The van der Waals surface area contributed by atoms with E-state index in [4.69, 9.17) is 0 Å². The third-order valence-corrected chi connectivity index (χ3v) is 6.48. The summed E-state index contributed by atoms with van der Waals surface area (Å²) in [6, 6.07) is 3.30. The van der Waals surface area contributed by atoms with Gasteiger partial charge in [0.2, 0.25) is 0 Å². The van der Waals surface area contributed by atoms with Crippen molar-refractivity contribution < 1.29 is 18.3 Å². The minimum Gasteiger partial charge on any atom is -0.508 e. The molecule has 130 valence electrons. The number of hydrogen-bond acceptors (Lipinski definition) is 5. The molecule has 1 aliphatic heterocycles. The van der Waals surface area contributed by atoms with E-state index < -0.39 is 15.4 Å². The van der Waals surface area contributed by atoms with Crippen LogP contribution in [0, 0.1) is 6.92 Å². The molecule has 0 spiro atoms. The second kappa shape index (κ2) is 5.47. The molecule has 0 bridgehead atoms. The number of imidazole rings is 1. The Morgan fingerprint density at radius 2 is 1.96 bits per heavy atom. The van der Waals surface area contributed by atoms with Crippen LogP contribution in [0.1, 0.15) is 35.9 Å². The van der Waals surface area contributed by atoms with Gasteiger partial charge in [0, 0.05) is 18.2 Å². The summed E-state index contributed by atoms with van der Waals surface area (Å²) in [5.41, 5.74) is 1.40. The van der Waals surface area contributed by atoms with Crippen LogP contribution in [0.5, 0.6) is 5.75 Å². The zero-order valence-electron chi connectivity index (χ0n) is 14.0. The van der Waals surface area contributed by atoms with Gasteiger partial charge in [-0.25, -0.2) is 13.4 Å². The number of carbonyl (C=O) groups is 1. The van der Waals surface area contributed by atoms with Crippen molar-refractivity contribution in [2.24, 2.45) is 7.05 Å². The Kier molecular flexibility index (Phi) is 3.82. The maximum Gasteiger partial charge on any atom is 0.287 e. The number of aromatic nitrogens is 2. The number of phenolic OH excluding ortho intramolecular Hbond substituents is 1. The highest BCUT2D eigenvalue weighted by molar-refractivity contribution is 7.91. The zero-order valence-corrected chi connectivity index (χ0v) is 14.8. The molecule has 0 unspecified atom stereocenters. The molecular weight excluding hydrogens is 330 g/mol. The Morgan fingerprint density at radius 3 is 2.58 bits per heavy atom. The molecule has 7 nitrogen and oxygen atoms in total. The molecule has 0 saturated carbocycles. The van der Waals surface area contributed by atoms with Crippen molar-refractivity contribution >= 4 is 26.8 Å². The fraction of sp³-hybridized carbons (Fsp3) is 0.500.